The van der Waals surface area contributed by atoms with E-state index in [1.54, 1.807) is 23.0 Å². The van der Waals surface area contributed by atoms with Gasteiger partial charge in [-0.25, -0.2) is 0 Å². The number of halogens is 3. The Kier molecular flexibility index (Phi) is 7.00. The molecule has 3 N–H and O–H groups in total. The van der Waals surface area contributed by atoms with Gasteiger partial charge in [0.2, 0.25) is 0 Å². The standard InChI is InChI=1S/C23H25F3N4OS/c1-13-7-19(20(32)10-18(13)21-14(2)12-28-30(21)3)22(31)29-17(11-27)9-15-5-4-6-16(8-15)23(24,25)26/h4-8,12,17H,9-11,27H2,1-3H3,(H,29,31)/t17-/m0/s1. The first-order valence-electron chi connectivity index (χ1n) is 10.1. The van der Waals surface area contributed by atoms with Crippen molar-refractivity contribution in [3.8, 4) is 0 Å². The van der Waals surface area contributed by atoms with E-state index in [0.717, 1.165) is 34.5 Å². The zero-order valence-corrected chi connectivity index (χ0v) is 18.9. The van der Waals surface area contributed by atoms with Crippen LogP contribution in [0.15, 0.2) is 47.7 Å². The topological polar surface area (TPSA) is 72.9 Å². The van der Waals surface area contributed by atoms with Crippen molar-refractivity contribution in [3.63, 3.8) is 0 Å². The molecule has 0 saturated heterocycles. The third kappa shape index (κ3) is 5.16. The summed E-state index contributed by atoms with van der Waals surface area (Å²) in [4.78, 5) is 13.4. The van der Waals surface area contributed by atoms with Crippen LogP contribution in [0.2, 0.25) is 0 Å². The first kappa shape index (κ1) is 23.9. The van der Waals surface area contributed by atoms with E-state index in [1.165, 1.54) is 6.07 Å². The zero-order chi connectivity index (χ0) is 23.6. The van der Waals surface area contributed by atoms with E-state index in [2.05, 4.69) is 10.4 Å². The van der Waals surface area contributed by atoms with Gasteiger partial charge in [-0.15, -0.1) is 0 Å². The van der Waals surface area contributed by atoms with Crippen LogP contribution in [0.1, 0.15) is 35.7 Å². The maximum absolute atomic E-state index is 13.0. The molecule has 0 radical (unpaired) electrons. The van der Waals surface area contributed by atoms with Crippen molar-refractivity contribution in [1.29, 1.82) is 0 Å². The summed E-state index contributed by atoms with van der Waals surface area (Å²) in [5.74, 6) is -0.377. The van der Waals surface area contributed by atoms with Gasteiger partial charge < -0.3 is 11.1 Å². The number of aryl methyl sites for hydroxylation is 2. The lowest BCUT2D eigenvalue weighted by Crippen LogP contribution is -2.43. The lowest BCUT2D eigenvalue weighted by atomic mass is 9.89. The second-order valence-electron chi connectivity index (χ2n) is 7.93. The fourth-order valence-corrected chi connectivity index (χ4v) is 4.13. The lowest BCUT2D eigenvalue weighted by Gasteiger charge is -2.23. The SMILES string of the molecule is CC1=C(c2c(C)cnn2C)CC(=S)C(C(=O)N[C@H](CN)Cc2cccc(C(F)(F)F)c2)=C1. The maximum atomic E-state index is 13.0. The molecule has 0 saturated carbocycles. The van der Waals surface area contributed by atoms with Crippen LogP contribution in [0.25, 0.3) is 5.57 Å². The summed E-state index contributed by atoms with van der Waals surface area (Å²) in [5.41, 5.74) is 9.82. The number of amides is 1. The molecular formula is C23H25F3N4OS. The zero-order valence-electron chi connectivity index (χ0n) is 18.1. The highest BCUT2D eigenvalue weighted by atomic mass is 32.1. The van der Waals surface area contributed by atoms with E-state index in [4.69, 9.17) is 18.0 Å². The molecule has 0 bridgehead atoms. The molecule has 1 aliphatic carbocycles. The van der Waals surface area contributed by atoms with Crippen molar-refractivity contribution in [3.05, 3.63) is 70.1 Å². The summed E-state index contributed by atoms with van der Waals surface area (Å²) >= 11 is 5.52. The van der Waals surface area contributed by atoms with E-state index >= 15 is 0 Å². The van der Waals surface area contributed by atoms with Gasteiger partial charge in [0, 0.05) is 30.9 Å². The molecule has 32 heavy (non-hydrogen) atoms. The summed E-state index contributed by atoms with van der Waals surface area (Å²) in [6.45, 7) is 3.97. The number of rotatable bonds is 6. The second kappa shape index (κ2) is 9.38. The van der Waals surface area contributed by atoms with Gasteiger partial charge in [-0.3, -0.25) is 9.48 Å². The molecule has 1 aliphatic rings. The molecule has 1 heterocycles. The Morgan fingerprint density at radius 2 is 2.06 bits per heavy atom. The second-order valence-corrected chi connectivity index (χ2v) is 8.42. The van der Waals surface area contributed by atoms with Crippen LogP contribution in [0.3, 0.4) is 0 Å². The molecular weight excluding hydrogens is 437 g/mol. The molecule has 2 aromatic rings. The summed E-state index contributed by atoms with van der Waals surface area (Å²) in [7, 11) is 1.86. The summed E-state index contributed by atoms with van der Waals surface area (Å²) in [5, 5.41) is 7.10. The normalized spacial score (nSPS) is 15.6. The number of thiocarbonyl (C=S) groups is 1. The van der Waals surface area contributed by atoms with Crippen molar-refractivity contribution in [2.75, 3.05) is 6.54 Å². The molecule has 0 spiro atoms. The fraction of sp³-hybridized carbons (Fsp3) is 0.348. The van der Waals surface area contributed by atoms with Crippen molar-refractivity contribution >= 4 is 28.6 Å². The average molecular weight is 463 g/mol. The van der Waals surface area contributed by atoms with E-state index in [0.29, 0.717) is 22.4 Å². The third-order valence-corrected chi connectivity index (χ3v) is 5.85. The number of hydrogen-bond acceptors (Lipinski definition) is 4. The summed E-state index contributed by atoms with van der Waals surface area (Å²) < 4.78 is 40.7. The lowest BCUT2D eigenvalue weighted by molar-refractivity contribution is -0.137. The van der Waals surface area contributed by atoms with Crippen molar-refractivity contribution < 1.29 is 18.0 Å². The minimum atomic E-state index is -4.43. The minimum absolute atomic E-state index is 0.0797. The van der Waals surface area contributed by atoms with Crippen molar-refractivity contribution in [1.82, 2.24) is 15.1 Å². The minimum Gasteiger partial charge on any atom is -0.348 e. The Bertz CT molecular complexity index is 1100. The largest absolute Gasteiger partial charge is 0.416 e. The highest BCUT2D eigenvalue weighted by Crippen LogP contribution is 2.32. The number of nitrogens with zero attached hydrogens (tertiary/aromatic N) is 2. The average Bonchev–Trinajstić information content (AvgIpc) is 3.06. The smallest absolute Gasteiger partial charge is 0.348 e. The number of benzene rings is 1. The summed E-state index contributed by atoms with van der Waals surface area (Å²) in [6, 6.07) is 4.50. The van der Waals surface area contributed by atoms with E-state index in [9.17, 15) is 18.0 Å². The maximum Gasteiger partial charge on any atom is 0.416 e. The molecule has 9 heteroatoms. The van der Waals surface area contributed by atoms with E-state index in [1.807, 2.05) is 20.9 Å². The number of carbonyl (C=O) groups excluding carboxylic acids is 1. The Morgan fingerprint density at radius 3 is 2.66 bits per heavy atom. The number of allylic oxidation sites excluding steroid dienone is 3. The van der Waals surface area contributed by atoms with Crippen LogP contribution in [0.5, 0.6) is 0 Å². The number of aromatic nitrogens is 2. The quantitative estimate of drug-likeness (QED) is 0.639. The molecule has 1 atom stereocenters. The van der Waals surface area contributed by atoms with Crippen LogP contribution >= 0.6 is 12.2 Å². The van der Waals surface area contributed by atoms with Crippen molar-refractivity contribution in [2.45, 2.75) is 38.9 Å². The molecule has 1 aromatic heterocycles. The van der Waals surface area contributed by atoms with Gasteiger partial charge in [0.15, 0.2) is 0 Å². The third-order valence-electron chi connectivity index (χ3n) is 5.48. The van der Waals surface area contributed by atoms with Gasteiger partial charge in [-0.1, -0.05) is 30.4 Å². The molecule has 0 aliphatic heterocycles. The number of nitrogens with two attached hydrogens (primary N) is 1. The Labute approximate surface area is 190 Å². The van der Waals surface area contributed by atoms with Gasteiger partial charge in [-0.2, -0.15) is 18.3 Å². The molecule has 5 nitrogen and oxygen atoms in total. The first-order valence-corrected chi connectivity index (χ1v) is 10.5. The predicted molar refractivity (Wildman–Crippen MR) is 122 cm³/mol. The van der Waals surface area contributed by atoms with Crippen LogP contribution in [-0.4, -0.2) is 33.1 Å². The van der Waals surface area contributed by atoms with Crippen molar-refractivity contribution in [2.24, 2.45) is 12.8 Å². The number of alkyl halides is 3. The molecule has 1 amide bonds. The van der Waals surface area contributed by atoms with Gasteiger partial charge in [0.1, 0.15) is 0 Å². The molecule has 0 fully saturated rings. The molecule has 3 rings (SSSR count). The van der Waals surface area contributed by atoms with Crippen LogP contribution < -0.4 is 11.1 Å². The molecule has 0 unspecified atom stereocenters. The summed E-state index contributed by atoms with van der Waals surface area (Å²) in [6.07, 6.45) is -0.280. The van der Waals surface area contributed by atoms with Crippen LogP contribution in [0.4, 0.5) is 13.2 Å². The van der Waals surface area contributed by atoms with E-state index < -0.39 is 17.8 Å². The predicted octanol–water partition coefficient (Wildman–Crippen LogP) is 3.91. The first-order chi connectivity index (χ1) is 15.0. The van der Waals surface area contributed by atoms with Gasteiger partial charge in [0.05, 0.1) is 23.0 Å². The highest BCUT2D eigenvalue weighted by molar-refractivity contribution is 7.81. The molecule has 1 aromatic carbocycles. The number of carbonyl (C=O) groups is 1. The van der Waals surface area contributed by atoms with Crippen LogP contribution in [-0.2, 0) is 24.4 Å². The monoisotopic (exact) mass is 462 g/mol. The fourth-order valence-electron chi connectivity index (χ4n) is 3.84. The number of nitrogens with one attached hydrogen (secondary N) is 1. The Balaban J connectivity index is 1.78. The van der Waals surface area contributed by atoms with Crippen LogP contribution in [0, 0.1) is 6.92 Å². The van der Waals surface area contributed by atoms with Gasteiger partial charge in [-0.05, 0) is 54.7 Å². The Morgan fingerprint density at radius 1 is 1.34 bits per heavy atom. The Hall–Kier alpha value is -2.78. The number of hydrogen-bond donors (Lipinski definition) is 2. The molecule has 170 valence electrons. The highest BCUT2D eigenvalue weighted by Gasteiger charge is 2.31. The van der Waals surface area contributed by atoms with Gasteiger partial charge in [0.25, 0.3) is 5.91 Å². The van der Waals surface area contributed by atoms with Gasteiger partial charge >= 0.3 is 6.18 Å². The van der Waals surface area contributed by atoms with E-state index in [-0.39, 0.29) is 18.9 Å².